The number of nitrogens with zero attached hydrogens (tertiary/aromatic N) is 1. The van der Waals surface area contributed by atoms with Crippen molar-refractivity contribution in [2.45, 2.75) is 6.92 Å². The summed E-state index contributed by atoms with van der Waals surface area (Å²) in [7, 11) is 0. The molecule has 1 heterocycles. The number of carbonyl (C=O) groups excluding carboxylic acids is 2. The van der Waals surface area contributed by atoms with Crippen LogP contribution in [0.5, 0.6) is 5.75 Å². The fraction of sp³-hybridized carbons (Fsp3) is 0.0714. The number of hydrogen-bond donors (Lipinski definition) is 3. The Labute approximate surface area is 115 Å². The number of aromatic nitrogens is 1. The number of carbonyl (C=O) groups is 2. The van der Waals surface area contributed by atoms with Crippen LogP contribution in [-0.4, -0.2) is 21.9 Å². The molecule has 0 aliphatic rings. The smallest absolute Gasteiger partial charge is 0.259 e. The molecule has 0 saturated carbocycles. The Balaban J connectivity index is 2.09. The summed E-state index contributed by atoms with van der Waals surface area (Å²) in [6.45, 7) is 1.42. The largest absolute Gasteiger partial charge is 0.505 e. The second-order valence-corrected chi connectivity index (χ2v) is 4.11. The highest BCUT2D eigenvalue weighted by atomic mass is 16.3. The van der Waals surface area contributed by atoms with E-state index < -0.39 is 5.91 Å². The van der Waals surface area contributed by atoms with Crippen LogP contribution in [0.1, 0.15) is 17.3 Å². The summed E-state index contributed by atoms with van der Waals surface area (Å²) < 4.78 is 0. The summed E-state index contributed by atoms with van der Waals surface area (Å²) in [4.78, 5) is 26.5. The second kappa shape index (κ2) is 5.83. The number of amides is 2. The lowest BCUT2D eigenvalue weighted by Gasteiger charge is -2.07. The molecule has 2 rings (SSSR count). The summed E-state index contributed by atoms with van der Waals surface area (Å²) in [5.74, 6) is -0.777. The molecule has 20 heavy (non-hydrogen) atoms. The van der Waals surface area contributed by atoms with Gasteiger partial charge in [-0.05, 0) is 30.3 Å². The number of hydrogen-bond acceptors (Lipinski definition) is 4. The van der Waals surface area contributed by atoms with Gasteiger partial charge in [-0.1, -0.05) is 0 Å². The highest BCUT2D eigenvalue weighted by Gasteiger charge is 2.10. The van der Waals surface area contributed by atoms with E-state index in [-0.39, 0.29) is 17.2 Å². The van der Waals surface area contributed by atoms with Crippen LogP contribution >= 0.6 is 0 Å². The first-order valence-electron chi connectivity index (χ1n) is 5.88. The van der Waals surface area contributed by atoms with Gasteiger partial charge >= 0.3 is 0 Å². The molecule has 1 aromatic heterocycles. The third-order valence-electron chi connectivity index (χ3n) is 2.51. The molecule has 0 atom stereocenters. The molecule has 0 aliphatic heterocycles. The van der Waals surface area contributed by atoms with Crippen LogP contribution in [0, 0.1) is 0 Å². The molecule has 0 unspecified atom stereocenters. The van der Waals surface area contributed by atoms with Gasteiger partial charge in [-0.15, -0.1) is 0 Å². The Hall–Kier alpha value is -2.89. The molecule has 6 heteroatoms. The van der Waals surface area contributed by atoms with E-state index in [1.54, 1.807) is 24.3 Å². The van der Waals surface area contributed by atoms with E-state index in [0.29, 0.717) is 11.4 Å². The van der Waals surface area contributed by atoms with Crippen LogP contribution in [0.25, 0.3) is 0 Å². The zero-order chi connectivity index (χ0) is 14.5. The molecule has 1 aromatic carbocycles. The SMILES string of the molecule is CC(=O)Nc1ccc(NC(=O)c2ccncc2O)cc1. The molecule has 6 nitrogen and oxygen atoms in total. The fourth-order valence-corrected chi connectivity index (χ4v) is 1.62. The van der Waals surface area contributed by atoms with Crippen molar-refractivity contribution in [3.8, 4) is 5.75 Å². The van der Waals surface area contributed by atoms with Crippen LogP contribution in [-0.2, 0) is 4.79 Å². The normalized spacial score (nSPS) is 9.85. The minimum absolute atomic E-state index is 0.144. The van der Waals surface area contributed by atoms with E-state index in [0.717, 1.165) is 0 Å². The van der Waals surface area contributed by atoms with Crippen LogP contribution in [0.15, 0.2) is 42.7 Å². The minimum atomic E-state index is -0.433. The molecule has 0 radical (unpaired) electrons. The average molecular weight is 271 g/mol. The maximum atomic E-state index is 11.9. The van der Waals surface area contributed by atoms with Gasteiger partial charge in [0.15, 0.2) is 0 Å². The molecule has 0 aliphatic carbocycles. The number of pyridine rings is 1. The van der Waals surface area contributed by atoms with Crippen molar-refractivity contribution in [1.82, 2.24) is 4.98 Å². The zero-order valence-electron chi connectivity index (χ0n) is 10.8. The van der Waals surface area contributed by atoms with Crippen LogP contribution in [0.4, 0.5) is 11.4 Å². The number of aromatic hydroxyl groups is 1. The summed E-state index contributed by atoms with van der Waals surface area (Å²) in [6.07, 6.45) is 2.63. The third-order valence-corrected chi connectivity index (χ3v) is 2.51. The van der Waals surface area contributed by atoms with Gasteiger partial charge in [0.05, 0.1) is 11.8 Å². The maximum Gasteiger partial charge on any atom is 0.259 e. The molecule has 102 valence electrons. The Morgan fingerprint density at radius 1 is 1.05 bits per heavy atom. The lowest BCUT2D eigenvalue weighted by molar-refractivity contribution is -0.114. The van der Waals surface area contributed by atoms with Crippen LogP contribution in [0.3, 0.4) is 0 Å². The molecular formula is C14H13N3O3. The first kappa shape index (κ1) is 13.5. The predicted molar refractivity (Wildman–Crippen MR) is 74.6 cm³/mol. The molecule has 0 spiro atoms. The highest BCUT2D eigenvalue weighted by molar-refractivity contribution is 6.06. The summed E-state index contributed by atoms with van der Waals surface area (Å²) in [6, 6.07) is 8.08. The topological polar surface area (TPSA) is 91.3 Å². The van der Waals surface area contributed by atoms with Gasteiger partial charge in [-0.2, -0.15) is 0 Å². The van der Waals surface area contributed by atoms with Crippen molar-refractivity contribution in [2.24, 2.45) is 0 Å². The number of benzene rings is 1. The van der Waals surface area contributed by atoms with Crippen LogP contribution in [0.2, 0.25) is 0 Å². The first-order chi connectivity index (χ1) is 9.56. The van der Waals surface area contributed by atoms with Gasteiger partial charge in [0, 0.05) is 24.5 Å². The summed E-state index contributed by atoms with van der Waals surface area (Å²) >= 11 is 0. The fourth-order valence-electron chi connectivity index (χ4n) is 1.62. The first-order valence-corrected chi connectivity index (χ1v) is 5.88. The van der Waals surface area contributed by atoms with E-state index in [9.17, 15) is 14.7 Å². The Morgan fingerprint density at radius 3 is 2.20 bits per heavy atom. The second-order valence-electron chi connectivity index (χ2n) is 4.11. The van der Waals surface area contributed by atoms with Crippen molar-refractivity contribution >= 4 is 23.2 Å². The van der Waals surface area contributed by atoms with Gasteiger partial charge < -0.3 is 15.7 Å². The maximum absolute atomic E-state index is 11.9. The Morgan fingerprint density at radius 2 is 1.65 bits per heavy atom. The van der Waals surface area contributed by atoms with Crippen molar-refractivity contribution in [3.05, 3.63) is 48.3 Å². The Kier molecular flexibility index (Phi) is 3.95. The van der Waals surface area contributed by atoms with E-state index in [4.69, 9.17) is 0 Å². The van der Waals surface area contributed by atoms with E-state index in [1.165, 1.54) is 25.4 Å². The highest BCUT2D eigenvalue weighted by Crippen LogP contribution is 2.18. The lowest BCUT2D eigenvalue weighted by Crippen LogP contribution is -2.12. The van der Waals surface area contributed by atoms with E-state index in [1.807, 2.05) is 0 Å². The molecule has 0 saturated heterocycles. The van der Waals surface area contributed by atoms with Gasteiger partial charge in [0.2, 0.25) is 5.91 Å². The summed E-state index contributed by atoms with van der Waals surface area (Å²) in [5, 5.41) is 14.8. The van der Waals surface area contributed by atoms with Gasteiger partial charge in [0.25, 0.3) is 5.91 Å². The molecule has 0 fully saturated rings. The molecular weight excluding hydrogens is 258 g/mol. The van der Waals surface area contributed by atoms with E-state index in [2.05, 4.69) is 15.6 Å². The predicted octanol–water partition coefficient (Wildman–Crippen LogP) is 2.00. The zero-order valence-corrected chi connectivity index (χ0v) is 10.8. The number of rotatable bonds is 3. The average Bonchev–Trinajstić information content (AvgIpc) is 2.41. The third kappa shape index (κ3) is 3.32. The quantitative estimate of drug-likeness (QED) is 0.796. The standard InChI is InChI=1S/C14H13N3O3/c1-9(18)16-10-2-4-11(5-3-10)17-14(20)12-6-7-15-8-13(12)19/h2-8,19H,1H3,(H,16,18)(H,17,20). The molecule has 0 bridgehead atoms. The molecule has 2 amide bonds. The van der Waals surface area contributed by atoms with Crippen molar-refractivity contribution in [2.75, 3.05) is 10.6 Å². The lowest BCUT2D eigenvalue weighted by atomic mass is 10.2. The van der Waals surface area contributed by atoms with Crippen LogP contribution < -0.4 is 10.6 Å². The van der Waals surface area contributed by atoms with Gasteiger partial charge in [-0.3, -0.25) is 14.6 Å². The number of nitrogens with one attached hydrogen (secondary N) is 2. The van der Waals surface area contributed by atoms with Crippen molar-refractivity contribution in [3.63, 3.8) is 0 Å². The number of anilines is 2. The van der Waals surface area contributed by atoms with Crippen molar-refractivity contribution in [1.29, 1.82) is 0 Å². The summed E-state index contributed by atoms with van der Waals surface area (Å²) in [5.41, 5.74) is 1.34. The van der Waals surface area contributed by atoms with Crippen molar-refractivity contribution < 1.29 is 14.7 Å². The van der Waals surface area contributed by atoms with E-state index >= 15 is 0 Å². The monoisotopic (exact) mass is 271 g/mol. The molecule has 3 N–H and O–H groups in total. The van der Waals surface area contributed by atoms with Gasteiger partial charge in [-0.25, -0.2) is 0 Å². The minimum Gasteiger partial charge on any atom is -0.505 e. The Bertz CT molecular complexity index is 638. The van der Waals surface area contributed by atoms with Gasteiger partial charge in [0.1, 0.15) is 5.75 Å². The molecule has 2 aromatic rings.